The Morgan fingerprint density at radius 1 is 1.20 bits per heavy atom. The number of aliphatic hydroxyl groups excluding tert-OH is 1. The fourth-order valence-electron chi connectivity index (χ4n) is 6.09. The second-order valence-corrected chi connectivity index (χ2v) is 11.0. The van der Waals surface area contributed by atoms with E-state index in [4.69, 9.17) is 35.9 Å². The zero-order valence-electron chi connectivity index (χ0n) is 26.7. The van der Waals surface area contributed by atoms with Gasteiger partial charge in [0.05, 0.1) is 61.2 Å². The molecular weight excluding hydrogens is 594 g/mol. The molecule has 1 aliphatic heterocycles. The first-order chi connectivity index (χ1) is 22.2. The van der Waals surface area contributed by atoms with Crippen LogP contribution in [0.2, 0.25) is 0 Å². The quantitative estimate of drug-likeness (QED) is 0.107. The van der Waals surface area contributed by atoms with Crippen molar-refractivity contribution in [1.82, 2.24) is 14.6 Å². The first kappa shape index (κ1) is 34.6. The standard InChI is InChI=1S/C31H37N5O8.C2H6/c1-42-15-22-19(26(38)14-37)11-25-30-21(12-35(25)31(22)41)20(18-10-17(43-2)8-9-23(18)34-30)13-36(33)24-6-4-3-5-7-27(29(24)32)44-16-28(39)40;1-2/h8-11,14,26-27,38H,3-7,12-13,15-16,32-33H2,1-2H3,(H,39,40);1-2H3/b29-24-;. The lowest BCUT2D eigenvalue weighted by Crippen LogP contribution is -2.36. The maximum atomic E-state index is 13.7. The third kappa shape index (κ3) is 6.92. The molecule has 0 fully saturated rings. The van der Waals surface area contributed by atoms with Crippen LogP contribution in [-0.2, 0) is 38.8 Å². The van der Waals surface area contributed by atoms with E-state index in [-0.39, 0.29) is 36.4 Å². The minimum atomic E-state index is -1.50. The highest BCUT2D eigenvalue weighted by Gasteiger charge is 2.31. The predicted molar refractivity (Wildman–Crippen MR) is 172 cm³/mol. The Balaban J connectivity index is 0.00000235. The molecular formula is C33H43N5O8. The summed E-state index contributed by atoms with van der Waals surface area (Å²) in [5.74, 6) is 6.30. The van der Waals surface area contributed by atoms with Gasteiger partial charge < -0.3 is 44.5 Å². The van der Waals surface area contributed by atoms with E-state index >= 15 is 0 Å². The minimum Gasteiger partial charge on any atom is -0.497 e. The number of allylic oxidation sites excluding steroid dienone is 1. The number of aldehydes is 1. The first-order valence-corrected chi connectivity index (χ1v) is 15.4. The third-order valence-corrected chi connectivity index (χ3v) is 8.28. The number of nitrogens with two attached hydrogens (primary N) is 2. The van der Waals surface area contributed by atoms with E-state index in [2.05, 4.69) is 0 Å². The molecule has 0 amide bonds. The monoisotopic (exact) mass is 637 g/mol. The lowest BCUT2D eigenvalue weighted by Gasteiger charge is -2.30. The van der Waals surface area contributed by atoms with Crippen LogP contribution in [0.5, 0.6) is 5.75 Å². The van der Waals surface area contributed by atoms with Crippen LogP contribution in [0.25, 0.3) is 22.3 Å². The number of carboxylic acids is 1. The molecule has 0 spiro atoms. The van der Waals surface area contributed by atoms with Crippen LogP contribution in [0.1, 0.15) is 74.3 Å². The molecule has 13 heteroatoms. The van der Waals surface area contributed by atoms with Crippen LogP contribution < -0.4 is 21.9 Å². The van der Waals surface area contributed by atoms with Crippen molar-refractivity contribution in [1.29, 1.82) is 0 Å². The zero-order chi connectivity index (χ0) is 33.5. The SMILES string of the molecule is CC.COCc1c(C(O)C=O)cc2n(c1=O)Cc1c-2nc2ccc(OC)cc2c1CN(N)/C1=C(\N)C(OCC(=O)O)CCCCC1. The van der Waals surface area contributed by atoms with Gasteiger partial charge in [-0.25, -0.2) is 15.6 Å². The van der Waals surface area contributed by atoms with Crippen molar-refractivity contribution >= 4 is 23.2 Å². The molecule has 46 heavy (non-hydrogen) atoms. The molecule has 2 unspecified atom stereocenters. The normalized spacial score (nSPS) is 18.0. The van der Waals surface area contributed by atoms with Gasteiger partial charge in [0.25, 0.3) is 5.56 Å². The number of carboxylic acid groups (broad SMARTS) is 1. The van der Waals surface area contributed by atoms with Crippen LogP contribution in [0.15, 0.2) is 40.5 Å². The molecule has 5 rings (SSSR count). The average molecular weight is 638 g/mol. The predicted octanol–water partition coefficient (Wildman–Crippen LogP) is 3.12. The van der Waals surface area contributed by atoms with E-state index in [1.807, 2.05) is 26.0 Å². The summed E-state index contributed by atoms with van der Waals surface area (Å²) in [7, 11) is 3.01. The van der Waals surface area contributed by atoms with Crippen molar-refractivity contribution in [3.8, 4) is 17.1 Å². The van der Waals surface area contributed by atoms with Gasteiger partial charge >= 0.3 is 5.97 Å². The van der Waals surface area contributed by atoms with Crippen LogP contribution >= 0.6 is 0 Å². The fourth-order valence-corrected chi connectivity index (χ4v) is 6.09. The van der Waals surface area contributed by atoms with Gasteiger partial charge in [0.2, 0.25) is 0 Å². The second kappa shape index (κ2) is 15.3. The number of hydrogen-bond acceptors (Lipinski definition) is 11. The summed E-state index contributed by atoms with van der Waals surface area (Å²) in [6.45, 7) is 3.82. The van der Waals surface area contributed by atoms with Crippen molar-refractivity contribution in [2.75, 3.05) is 20.8 Å². The molecule has 1 aromatic carbocycles. The number of ether oxygens (including phenoxy) is 3. The molecule has 6 N–H and O–H groups in total. The Hall–Kier alpha value is -4.30. The highest BCUT2D eigenvalue weighted by molar-refractivity contribution is 5.89. The highest BCUT2D eigenvalue weighted by atomic mass is 16.5. The molecule has 0 bridgehead atoms. The van der Waals surface area contributed by atoms with E-state index in [1.165, 1.54) is 7.11 Å². The number of benzene rings is 1. The Bertz CT molecular complexity index is 1680. The van der Waals surface area contributed by atoms with Crippen molar-refractivity contribution in [3.63, 3.8) is 0 Å². The van der Waals surface area contributed by atoms with Crippen molar-refractivity contribution in [3.05, 3.63) is 68.3 Å². The first-order valence-electron chi connectivity index (χ1n) is 15.4. The van der Waals surface area contributed by atoms with Gasteiger partial charge in [-0.15, -0.1) is 0 Å². The summed E-state index contributed by atoms with van der Waals surface area (Å²) in [4.78, 5) is 41.3. The van der Waals surface area contributed by atoms with E-state index in [1.54, 1.807) is 28.8 Å². The maximum Gasteiger partial charge on any atom is 0.329 e. The number of rotatable bonds is 11. The van der Waals surface area contributed by atoms with E-state index in [0.29, 0.717) is 53.2 Å². The van der Waals surface area contributed by atoms with Crippen molar-refractivity contribution < 1.29 is 34.0 Å². The molecule has 3 heterocycles. The molecule has 248 valence electrons. The lowest BCUT2D eigenvalue weighted by molar-refractivity contribution is -0.143. The van der Waals surface area contributed by atoms with Crippen LogP contribution in [0.4, 0.5) is 0 Å². The zero-order valence-corrected chi connectivity index (χ0v) is 26.7. The number of carbonyl (C=O) groups excluding carboxylic acids is 1. The average Bonchev–Trinajstić information content (AvgIpc) is 3.42. The molecule has 0 radical (unpaired) electrons. The Morgan fingerprint density at radius 3 is 2.63 bits per heavy atom. The molecule has 2 atom stereocenters. The number of aliphatic hydroxyl groups is 1. The van der Waals surface area contributed by atoms with E-state index < -0.39 is 24.8 Å². The minimum absolute atomic E-state index is 0.0791. The summed E-state index contributed by atoms with van der Waals surface area (Å²) >= 11 is 0. The molecule has 3 aromatic rings. The van der Waals surface area contributed by atoms with Gasteiger partial charge in [0.15, 0.2) is 6.29 Å². The van der Waals surface area contributed by atoms with Crippen LogP contribution in [0, 0.1) is 0 Å². The number of nitrogens with zero attached hydrogens (tertiary/aromatic N) is 3. The van der Waals surface area contributed by atoms with Crippen molar-refractivity contribution in [2.24, 2.45) is 11.6 Å². The van der Waals surface area contributed by atoms with Crippen LogP contribution in [0.3, 0.4) is 0 Å². The number of carbonyl (C=O) groups is 2. The van der Waals surface area contributed by atoms with Crippen LogP contribution in [-0.4, -0.2) is 64.0 Å². The van der Waals surface area contributed by atoms with E-state index in [9.17, 15) is 19.5 Å². The second-order valence-electron chi connectivity index (χ2n) is 11.0. The number of aliphatic carboxylic acids is 1. The van der Waals surface area contributed by atoms with E-state index in [0.717, 1.165) is 35.8 Å². The molecule has 0 saturated carbocycles. The molecule has 2 aliphatic rings. The smallest absolute Gasteiger partial charge is 0.329 e. The third-order valence-electron chi connectivity index (χ3n) is 8.28. The number of aromatic nitrogens is 2. The number of pyridine rings is 2. The van der Waals surface area contributed by atoms with Gasteiger partial charge in [-0.05, 0) is 49.1 Å². The molecule has 0 saturated heterocycles. The number of methoxy groups -OCH3 is 2. The van der Waals surface area contributed by atoms with Crippen molar-refractivity contribution in [2.45, 2.75) is 77.9 Å². The van der Waals surface area contributed by atoms with Gasteiger partial charge in [0, 0.05) is 29.2 Å². The Kier molecular flexibility index (Phi) is 11.5. The summed E-state index contributed by atoms with van der Waals surface area (Å²) in [6, 6.07) is 7.09. The molecule has 1 aliphatic carbocycles. The highest BCUT2D eigenvalue weighted by Crippen LogP contribution is 2.39. The van der Waals surface area contributed by atoms with Gasteiger partial charge in [-0.1, -0.05) is 26.7 Å². The summed E-state index contributed by atoms with van der Waals surface area (Å²) in [5.41, 5.74) is 10.8. The lowest BCUT2D eigenvalue weighted by atomic mass is 9.97. The summed E-state index contributed by atoms with van der Waals surface area (Å²) < 4.78 is 17.9. The summed E-state index contributed by atoms with van der Waals surface area (Å²) in [6.07, 6.45) is 2.07. The Labute approximate surface area is 267 Å². The molecule has 2 aromatic heterocycles. The Morgan fingerprint density at radius 2 is 1.96 bits per heavy atom. The summed E-state index contributed by atoms with van der Waals surface area (Å²) in [5, 5.41) is 22.0. The largest absolute Gasteiger partial charge is 0.497 e. The maximum absolute atomic E-state index is 13.7. The van der Waals surface area contributed by atoms with Gasteiger partial charge in [0.1, 0.15) is 18.5 Å². The number of fused-ring (bicyclic) bond motifs is 4. The molecule has 13 nitrogen and oxygen atoms in total. The number of hydrazine groups is 1. The fraction of sp³-hybridized carbons (Fsp3) is 0.455. The van der Waals surface area contributed by atoms with Gasteiger partial charge in [-0.3, -0.25) is 4.79 Å². The van der Waals surface area contributed by atoms with Gasteiger partial charge in [-0.2, -0.15) is 0 Å². The topological polar surface area (TPSA) is 192 Å². The number of hydrogen-bond donors (Lipinski definition) is 4.